The Balaban J connectivity index is 1.78. The first-order chi connectivity index (χ1) is 16.7. The zero-order valence-corrected chi connectivity index (χ0v) is 18.8. The van der Waals surface area contributed by atoms with E-state index in [2.05, 4.69) is 20.3 Å². The molecule has 2 aromatic heterocycles. The summed E-state index contributed by atoms with van der Waals surface area (Å²) in [6.07, 6.45) is -2.62. The van der Waals surface area contributed by atoms with E-state index < -0.39 is 17.9 Å². The first-order valence-corrected chi connectivity index (χ1v) is 10.6. The lowest BCUT2D eigenvalue weighted by atomic mass is 10.1. The van der Waals surface area contributed by atoms with Gasteiger partial charge in [0.1, 0.15) is 23.0 Å². The fourth-order valence-corrected chi connectivity index (χ4v) is 3.88. The summed E-state index contributed by atoms with van der Waals surface area (Å²) in [6.45, 7) is 0.100. The number of nitrogens with zero attached hydrogens (tertiary/aromatic N) is 4. The van der Waals surface area contributed by atoms with E-state index in [-0.39, 0.29) is 63.6 Å². The van der Waals surface area contributed by atoms with Gasteiger partial charge in [-0.2, -0.15) is 9.97 Å². The van der Waals surface area contributed by atoms with E-state index in [4.69, 9.17) is 28.8 Å². The third-order valence-electron chi connectivity index (χ3n) is 5.14. The van der Waals surface area contributed by atoms with Crippen LogP contribution in [0.4, 0.5) is 26.4 Å². The molecule has 4 aromatic rings. The number of anilines is 3. The third-order valence-corrected chi connectivity index (χ3v) is 5.45. The largest absolute Gasteiger partial charge is 0.383 e. The number of amides is 1. The molecule has 0 aliphatic carbocycles. The maximum atomic E-state index is 13.4. The van der Waals surface area contributed by atoms with Gasteiger partial charge in [0.05, 0.1) is 21.6 Å². The number of nitrogen functional groups attached to an aromatic ring is 2. The minimum Gasteiger partial charge on any atom is -0.383 e. The predicted molar refractivity (Wildman–Crippen MR) is 129 cm³/mol. The Bertz CT molecular complexity index is 1510. The summed E-state index contributed by atoms with van der Waals surface area (Å²) >= 11 is 6.25. The van der Waals surface area contributed by atoms with Crippen LogP contribution >= 0.6 is 11.6 Å². The molecule has 10 nitrogen and oxygen atoms in total. The Morgan fingerprint density at radius 2 is 1.86 bits per heavy atom. The fourth-order valence-electron chi connectivity index (χ4n) is 3.63. The molecule has 2 heterocycles. The Morgan fingerprint density at radius 3 is 2.57 bits per heavy atom. The predicted octanol–water partition coefficient (Wildman–Crippen LogP) is 2.68. The van der Waals surface area contributed by atoms with Gasteiger partial charge in [0.25, 0.3) is 17.9 Å². The average molecular weight is 501 g/mol. The average Bonchev–Trinajstić information content (AvgIpc) is 2.78. The summed E-state index contributed by atoms with van der Waals surface area (Å²) in [6, 6.07) is 10.2. The van der Waals surface area contributed by atoms with E-state index in [9.17, 15) is 18.4 Å². The Kier molecular flexibility index (Phi) is 6.47. The summed E-state index contributed by atoms with van der Waals surface area (Å²) < 4.78 is 27.9. The van der Waals surface area contributed by atoms with Crippen molar-refractivity contribution in [3.8, 4) is 5.69 Å². The topological polar surface area (TPSA) is 168 Å². The highest BCUT2D eigenvalue weighted by Gasteiger charge is 2.19. The number of primary amides is 1. The number of alkyl halides is 2. The van der Waals surface area contributed by atoms with Crippen LogP contribution in [0, 0.1) is 0 Å². The molecule has 0 radical (unpaired) electrons. The van der Waals surface area contributed by atoms with Crippen molar-refractivity contribution < 1.29 is 13.6 Å². The Labute approximate surface area is 201 Å². The minimum atomic E-state index is -2.73. The number of carbonyl (C=O) groups excluding carboxylic acids is 1. The normalized spacial score (nSPS) is 11.2. The SMILES string of the molecule is NC(=O)c1c(N)nc(N)nc1NCCc1nc2cccc(Cl)c2c(=O)n1-c1cccc(C(F)F)c1. The molecule has 35 heavy (non-hydrogen) atoms. The van der Waals surface area contributed by atoms with E-state index in [1.54, 1.807) is 18.2 Å². The van der Waals surface area contributed by atoms with E-state index in [1.165, 1.54) is 28.8 Å². The maximum absolute atomic E-state index is 13.4. The van der Waals surface area contributed by atoms with Crippen molar-refractivity contribution >= 4 is 46.0 Å². The number of halogens is 3. The van der Waals surface area contributed by atoms with Crippen molar-refractivity contribution in [2.45, 2.75) is 12.8 Å². The molecule has 0 saturated carbocycles. The minimum absolute atomic E-state index is 0.0138. The molecule has 13 heteroatoms. The Hall–Kier alpha value is -4.32. The van der Waals surface area contributed by atoms with Crippen LogP contribution in [0.1, 0.15) is 28.2 Å². The third kappa shape index (κ3) is 4.68. The number of hydrogen-bond donors (Lipinski definition) is 4. The van der Waals surface area contributed by atoms with Crippen LogP contribution in [0.3, 0.4) is 0 Å². The van der Waals surface area contributed by atoms with Crippen molar-refractivity contribution in [2.24, 2.45) is 5.73 Å². The van der Waals surface area contributed by atoms with Crippen molar-refractivity contribution in [1.82, 2.24) is 19.5 Å². The monoisotopic (exact) mass is 500 g/mol. The molecule has 0 aliphatic rings. The molecule has 4 rings (SSSR count). The van der Waals surface area contributed by atoms with Crippen LogP contribution in [0.25, 0.3) is 16.6 Å². The molecule has 7 N–H and O–H groups in total. The molecule has 0 bridgehead atoms. The lowest BCUT2D eigenvalue weighted by Gasteiger charge is -2.16. The number of fused-ring (bicyclic) bond motifs is 1. The van der Waals surface area contributed by atoms with Crippen molar-refractivity contribution in [1.29, 1.82) is 0 Å². The number of rotatable bonds is 7. The molecular weight excluding hydrogens is 482 g/mol. The van der Waals surface area contributed by atoms with Crippen LogP contribution in [0.5, 0.6) is 0 Å². The maximum Gasteiger partial charge on any atom is 0.267 e. The second kappa shape index (κ2) is 9.50. The van der Waals surface area contributed by atoms with Gasteiger partial charge in [-0.05, 0) is 24.3 Å². The number of nitrogens with one attached hydrogen (secondary N) is 1. The lowest BCUT2D eigenvalue weighted by molar-refractivity contribution is 0.100. The number of carbonyl (C=O) groups is 1. The zero-order chi connectivity index (χ0) is 25.3. The molecule has 0 unspecified atom stereocenters. The van der Waals surface area contributed by atoms with Crippen LogP contribution in [0.15, 0.2) is 47.3 Å². The van der Waals surface area contributed by atoms with Gasteiger partial charge in [0.2, 0.25) is 5.95 Å². The van der Waals surface area contributed by atoms with E-state index in [0.717, 1.165) is 0 Å². The van der Waals surface area contributed by atoms with Gasteiger partial charge < -0.3 is 22.5 Å². The van der Waals surface area contributed by atoms with E-state index in [0.29, 0.717) is 5.52 Å². The second-order valence-corrected chi connectivity index (χ2v) is 7.84. The molecule has 180 valence electrons. The van der Waals surface area contributed by atoms with Gasteiger partial charge in [-0.15, -0.1) is 0 Å². The van der Waals surface area contributed by atoms with Crippen molar-refractivity contribution in [3.63, 3.8) is 0 Å². The fraction of sp³-hybridized carbons (Fsp3) is 0.136. The highest BCUT2D eigenvalue weighted by molar-refractivity contribution is 6.35. The van der Waals surface area contributed by atoms with Crippen LogP contribution in [-0.2, 0) is 6.42 Å². The van der Waals surface area contributed by atoms with Gasteiger partial charge in [-0.3, -0.25) is 14.2 Å². The number of nitrogens with two attached hydrogens (primary N) is 3. The smallest absolute Gasteiger partial charge is 0.267 e. The van der Waals surface area contributed by atoms with Crippen molar-refractivity contribution in [3.05, 3.63) is 74.8 Å². The van der Waals surface area contributed by atoms with Gasteiger partial charge >= 0.3 is 0 Å². The standard InChI is InChI=1S/C22H19ClF2N8O2/c23-12-5-2-6-13-15(12)21(35)33(11-4-1-3-10(9-11)17(24)25)14(30-13)7-8-29-20-16(19(27)34)18(26)31-22(28)32-20/h1-6,9,17H,7-8H2,(H2,27,34)(H5,26,28,29,31,32). The molecular formula is C22H19ClF2N8O2. The molecule has 0 spiro atoms. The number of aromatic nitrogens is 4. The lowest BCUT2D eigenvalue weighted by Crippen LogP contribution is -2.26. The first-order valence-electron chi connectivity index (χ1n) is 10.2. The van der Waals surface area contributed by atoms with Gasteiger partial charge in [0.15, 0.2) is 0 Å². The molecule has 0 aliphatic heterocycles. The van der Waals surface area contributed by atoms with Crippen molar-refractivity contribution in [2.75, 3.05) is 23.3 Å². The van der Waals surface area contributed by atoms with Crippen LogP contribution in [0.2, 0.25) is 5.02 Å². The summed E-state index contributed by atoms with van der Waals surface area (Å²) in [7, 11) is 0. The molecule has 0 atom stereocenters. The van der Waals surface area contributed by atoms with Gasteiger partial charge in [0, 0.05) is 18.5 Å². The summed E-state index contributed by atoms with van der Waals surface area (Å²) in [5.74, 6) is -0.954. The Morgan fingerprint density at radius 1 is 1.11 bits per heavy atom. The molecule has 0 fully saturated rings. The molecule has 1 amide bonds. The second-order valence-electron chi connectivity index (χ2n) is 7.43. The molecule has 2 aromatic carbocycles. The van der Waals surface area contributed by atoms with Gasteiger partial charge in [-0.25, -0.2) is 13.8 Å². The number of hydrogen-bond acceptors (Lipinski definition) is 8. The van der Waals surface area contributed by atoms with E-state index >= 15 is 0 Å². The first kappa shape index (κ1) is 23.8. The summed E-state index contributed by atoms with van der Waals surface area (Å²) in [5, 5.41) is 3.23. The highest BCUT2D eigenvalue weighted by atomic mass is 35.5. The summed E-state index contributed by atoms with van der Waals surface area (Å²) in [4.78, 5) is 37.5. The zero-order valence-electron chi connectivity index (χ0n) is 18.0. The summed E-state index contributed by atoms with van der Waals surface area (Å²) in [5.41, 5.74) is 16.4. The highest BCUT2D eigenvalue weighted by Crippen LogP contribution is 2.24. The van der Waals surface area contributed by atoms with E-state index in [1.807, 2.05) is 0 Å². The molecule has 0 saturated heterocycles. The quantitative estimate of drug-likeness (QED) is 0.300. The van der Waals surface area contributed by atoms with Gasteiger partial charge in [-0.1, -0.05) is 29.8 Å². The number of benzene rings is 2. The van der Waals surface area contributed by atoms with Crippen LogP contribution in [-0.4, -0.2) is 32.0 Å². The van der Waals surface area contributed by atoms with Crippen LogP contribution < -0.4 is 28.1 Å².